The van der Waals surface area contributed by atoms with Crippen molar-refractivity contribution >= 4 is 64.5 Å². The van der Waals surface area contributed by atoms with Crippen molar-refractivity contribution in [3.05, 3.63) is 77.6 Å². The van der Waals surface area contributed by atoms with Crippen LogP contribution in [0.5, 0.6) is 0 Å². The van der Waals surface area contributed by atoms with Gasteiger partial charge in [-0.3, -0.25) is 9.59 Å². The molecule has 1 saturated heterocycles. The Morgan fingerprint density at radius 1 is 0.912 bits per heavy atom. The lowest BCUT2D eigenvalue weighted by Gasteiger charge is -2.33. The summed E-state index contributed by atoms with van der Waals surface area (Å²) in [6, 6.07) is 15.4. The van der Waals surface area contributed by atoms with Gasteiger partial charge in [-0.15, -0.1) is 5.10 Å². The maximum atomic E-state index is 13.3. The number of rotatable bonds is 9. The number of fused-ring (bicyclic) bond motifs is 1. The van der Waals surface area contributed by atoms with Gasteiger partial charge in [0, 0.05) is 30.2 Å². The van der Waals surface area contributed by atoms with Crippen molar-refractivity contribution in [2.45, 2.75) is 57.4 Å². The van der Waals surface area contributed by atoms with Crippen LogP contribution in [0, 0.1) is 0 Å². The van der Waals surface area contributed by atoms with Crippen molar-refractivity contribution in [1.82, 2.24) is 30.4 Å². The second-order valence-corrected chi connectivity index (χ2v) is 14.7. The summed E-state index contributed by atoms with van der Waals surface area (Å²) in [7, 11) is 0. The zero-order valence-electron chi connectivity index (χ0n) is 30.9. The van der Waals surface area contributed by atoms with Crippen LogP contribution in [-0.2, 0) is 35.1 Å². The molecule has 1 atom stereocenters. The Labute approximate surface area is 329 Å². The molecule has 3 aromatic carbocycles. The molecule has 5 N–H and O–H groups in total. The fraction of sp³-hybridized carbons (Fsp3) is 0.324. The Morgan fingerprint density at radius 2 is 1.63 bits per heavy atom. The van der Waals surface area contributed by atoms with Crippen molar-refractivity contribution in [2.75, 3.05) is 35.2 Å². The lowest BCUT2D eigenvalue weighted by atomic mass is 9.99. The highest BCUT2D eigenvalue weighted by Crippen LogP contribution is 2.40. The molecule has 5 amide bonds. The van der Waals surface area contributed by atoms with Crippen LogP contribution in [0.25, 0.3) is 16.8 Å². The molecule has 0 bridgehead atoms. The number of anilines is 3. The number of ether oxygens (including phenoxy) is 2. The second kappa shape index (κ2) is 16.2. The van der Waals surface area contributed by atoms with E-state index >= 15 is 0 Å². The Morgan fingerprint density at radius 3 is 2.30 bits per heavy atom. The second-order valence-electron chi connectivity index (χ2n) is 14.2. The van der Waals surface area contributed by atoms with Gasteiger partial charge in [-0.2, -0.15) is 4.68 Å². The van der Waals surface area contributed by atoms with Crippen LogP contribution in [0.2, 0.25) is 5.02 Å². The van der Waals surface area contributed by atoms with Gasteiger partial charge < -0.3 is 40.5 Å². The predicted octanol–water partition coefficient (Wildman–Crippen LogP) is 3.91. The number of aliphatic carboxylic acids is 1. The third-order valence-electron chi connectivity index (χ3n) is 9.06. The smallest absolute Gasteiger partial charge is 0.414 e. The number of piperidine rings is 1. The van der Waals surface area contributed by atoms with Crippen LogP contribution in [-0.4, -0.2) is 108 Å². The van der Waals surface area contributed by atoms with Crippen molar-refractivity contribution in [2.24, 2.45) is 0 Å². The molecule has 4 aromatic rings. The summed E-state index contributed by atoms with van der Waals surface area (Å²) in [6.07, 6.45) is -0.113. The number of carbonyl (C=O) groups is 6. The number of halogens is 1. The van der Waals surface area contributed by atoms with E-state index in [1.165, 1.54) is 35.3 Å². The summed E-state index contributed by atoms with van der Waals surface area (Å²) in [5.41, 5.74) is -1.10. The van der Waals surface area contributed by atoms with Gasteiger partial charge in [-0.1, -0.05) is 29.8 Å². The molecule has 2 aliphatic rings. The lowest BCUT2D eigenvalue weighted by molar-refractivity contribution is -0.163. The number of carboxylic acid groups (broad SMARTS) is 2. The number of likely N-dealkylation sites (tertiary alicyclic amines) is 1. The molecule has 0 spiro atoms. The number of hydrogen-bond donors (Lipinski definition) is 5. The van der Waals surface area contributed by atoms with E-state index < -0.39 is 47.5 Å². The molecule has 6 rings (SSSR count). The molecule has 298 valence electrons. The number of carbonyl (C=O) groups excluding carboxylic acids is 4. The van der Waals surface area contributed by atoms with Crippen molar-refractivity contribution in [3.8, 4) is 16.8 Å². The standard InChI is InChI=1S/C37H38ClN9O10/c1-36(2,3)57-30(48)19-56-26-11-13-45(14-12-26)34(53)40-25-6-4-5-21(16-25)22-7-9-28-23(15-22)18-37(33(51)52,47(28)35(54)55)42-32(50)31(49)41-27-17-24(38)8-10-29(27)46-20-39-43-44-46/h4-10,15-17,20,26H,11-14,18-19H2,1-3H3,(H,40,53)(H,41,49)(H,42,50)(H,51,52)(H,54,55)/t37-/m0/s1. The predicted molar refractivity (Wildman–Crippen MR) is 203 cm³/mol. The number of tetrazole rings is 1. The third kappa shape index (κ3) is 9.11. The zero-order chi connectivity index (χ0) is 41.1. The number of amides is 5. The first-order chi connectivity index (χ1) is 27.0. The Bertz CT molecular complexity index is 2220. The first-order valence-corrected chi connectivity index (χ1v) is 18.0. The zero-order valence-corrected chi connectivity index (χ0v) is 31.6. The van der Waals surface area contributed by atoms with Gasteiger partial charge >= 0.3 is 35.9 Å². The minimum absolute atomic E-state index is 0.0125. The number of aromatic nitrogens is 4. The molecule has 57 heavy (non-hydrogen) atoms. The van der Waals surface area contributed by atoms with Crippen LogP contribution in [0.1, 0.15) is 39.2 Å². The molecule has 3 heterocycles. The number of esters is 1. The van der Waals surface area contributed by atoms with Crippen molar-refractivity contribution < 1.29 is 48.5 Å². The maximum Gasteiger partial charge on any atom is 0.414 e. The van der Waals surface area contributed by atoms with E-state index in [4.69, 9.17) is 21.1 Å². The monoisotopic (exact) mass is 803 g/mol. The SMILES string of the molecule is CC(C)(C)OC(=O)COC1CCN(C(=O)Nc2cccc(-c3ccc4c(c3)C[C@@](NC(=O)C(=O)Nc3cc(Cl)ccc3-n3cnnn3)(C(=O)O)N4C(=O)O)c2)CC1. The first-order valence-electron chi connectivity index (χ1n) is 17.6. The fourth-order valence-electron chi connectivity index (χ4n) is 6.54. The lowest BCUT2D eigenvalue weighted by Crippen LogP contribution is -2.67. The third-order valence-corrected chi connectivity index (χ3v) is 9.29. The molecule has 19 nitrogen and oxygen atoms in total. The van der Waals surface area contributed by atoms with Crippen LogP contribution < -0.4 is 20.9 Å². The average molecular weight is 804 g/mol. The van der Waals surface area contributed by atoms with Crippen molar-refractivity contribution in [1.29, 1.82) is 0 Å². The maximum absolute atomic E-state index is 13.3. The van der Waals surface area contributed by atoms with Gasteiger partial charge in [0.25, 0.3) is 0 Å². The van der Waals surface area contributed by atoms with Gasteiger partial charge in [0.05, 0.1) is 23.2 Å². The molecule has 0 unspecified atom stereocenters. The number of nitrogens with zero attached hydrogens (tertiary/aromatic N) is 6. The molecule has 1 aromatic heterocycles. The van der Waals surface area contributed by atoms with E-state index in [0.29, 0.717) is 47.6 Å². The molecular formula is C37H38ClN9O10. The number of benzene rings is 3. The minimum Gasteiger partial charge on any atom is -0.478 e. The summed E-state index contributed by atoms with van der Waals surface area (Å²) < 4.78 is 12.2. The Kier molecular flexibility index (Phi) is 11.4. The number of carboxylic acids is 1. The molecule has 20 heteroatoms. The minimum atomic E-state index is -2.60. The van der Waals surface area contributed by atoms with Crippen molar-refractivity contribution in [3.63, 3.8) is 0 Å². The van der Waals surface area contributed by atoms with Gasteiger partial charge in [-0.25, -0.2) is 24.1 Å². The van der Waals surface area contributed by atoms with E-state index in [-0.39, 0.29) is 46.4 Å². The van der Waals surface area contributed by atoms with E-state index in [2.05, 4.69) is 31.5 Å². The van der Waals surface area contributed by atoms with Crippen LogP contribution in [0.3, 0.4) is 0 Å². The molecule has 0 aliphatic carbocycles. The molecule has 1 fully saturated rings. The van der Waals surface area contributed by atoms with E-state index in [1.54, 1.807) is 62.1 Å². The van der Waals surface area contributed by atoms with Gasteiger partial charge in [0.15, 0.2) is 0 Å². The van der Waals surface area contributed by atoms with E-state index in [9.17, 15) is 39.0 Å². The first kappa shape index (κ1) is 40.1. The van der Waals surface area contributed by atoms with Crippen LogP contribution in [0.4, 0.5) is 26.7 Å². The summed E-state index contributed by atoms with van der Waals surface area (Å²) >= 11 is 6.10. The number of nitrogens with one attached hydrogen (secondary N) is 3. The summed E-state index contributed by atoms with van der Waals surface area (Å²) in [5.74, 6) is -4.94. The largest absolute Gasteiger partial charge is 0.478 e. The summed E-state index contributed by atoms with van der Waals surface area (Å²) in [6.45, 7) is 5.97. The molecule has 0 radical (unpaired) electrons. The highest BCUT2D eigenvalue weighted by Gasteiger charge is 2.55. The normalized spacial score (nSPS) is 16.7. The summed E-state index contributed by atoms with van der Waals surface area (Å²) in [4.78, 5) is 79.2. The topological polar surface area (TPSA) is 248 Å². The highest BCUT2D eigenvalue weighted by atomic mass is 35.5. The number of hydrogen-bond acceptors (Lipinski definition) is 11. The van der Waals surface area contributed by atoms with Gasteiger partial charge in [-0.05, 0) is 103 Å². The van der Waals surface area contributed by atoms with Crippen LogP contribution in [0.15, 0.2) is 67.0 Å². The molecule has 0 saturated carbocycles. The van der Waals surface area contributed by atoms with Gasteiger partial charge in [0.2, 0.25) is 5.66 Å². The molecule has 2 aliphatic heterocycles. The quantitative estimate of drug-likeness (QED) is 0.119. The summed E-state index contributed by atoms with van der Waals surface area (Å²) in [5, 5.41) is 39.1. The van der Waals surface area contributed by atoms with E-state index in [1.807, 2.05) is 0 Å². The van der Waals surface area contributed by atoms with Gasteiger partial charge in [0.1, 0.15) is 18.5 Å². The Hall–Kier alpha value is -6.60. The van der Waals surface area contributed by atoms with E-state index in [0.717, 1.165) is 0 Å². The Balaban J connectivity index is 1.13. The molecular weight excluding hydrogens is 766 g/mol. The number of urea groups is 1. The fourth-order valence-corrected chi connectivity index (χ4v) is 6.71. The van der Waals surface area contributed by atoms with Crippen LogP contribution >= 0.6 is 11.6 Å². The average Bonchev–Trinajstić information content (AvgIpc) is 3.80. The highest BCUT2D eigenvalue weighted by molar-refractivity contribution is 6.40.